The Morgan fingerprint density at radius 1 is 1.06 bits per heavy atom. The first-order chi connectivity index (χ1) is 15.1. The van der Waals surface area contributed by atoms with Crippen molar-refractivity contribution in [1.82, 2.24) is 19.6 Å². The van der Waals surface area contributed by atoms with E-state index in [1.165, 1.54) is 0 Å². The largest absolute Gasteiger partial charge is 0.493 e. The van der Waals surface area contributed by atoms with Gasteiger partial charge in [0.1, 0.15) is 11.6 Å². The molecule has 3 heterocycles. The fourth-order valence-electron chi connectivity index (χ4n) is 3.29. The summed E-state index contributed by atoms with van der Waals surface area (Å²) in [5, 5.41) is 16.5. The monoisotopic (exact) mass is 417 g/mol. The Morgan fingerprint density at radius 2 is 1.90 bits per heavy atom. The van der Waals surface area contributed by atoms with E-state index in [-0.39, 0.29) is 12.5 Å². The molecule has 2 N–H and O–H groups in total. The lowest BCUT2D eigenvalue weighted by atomic mass is 10.1. The van der Waals surface area contributed by atoms with Crippen LogP contribution in [-0.2, 0) is 0 Å². The first-order valence-electron chi connectivity index (χ1n) is 10.0. The number of carbonyl (C=O) groups is 1. The number of rotatable bonds is 7. The van der Waals surface area contributed by atoms with Crippen LogP contribution in [0.2, 0.25) is 0 Å². The van der Waals surface area contributed by atoms with Crippen molar-refractivity contribution < 1.29 is 14.6 Å². The number of imidazole rings is 1. The van der Waals surface area contributed by atoms with Crippen LogP contribution in [0.5, 0.6) is 5.75 Å². The topological polar surface area (TPSA) is 102 Å². The Morgan fingerprint density at radius 3 is 2.71 bits per heavy atom. The number of carbonyl (C=O) groups excluding carboxylic acids is 1. The lowest BCUT2D eigenvalue weighted by Gasteiger charge is -2.11. The molecule has 0 unspecified atom stereocenters. The van der Waals surface area contributed by atoms with Gasteiger partial charge in [-0.25, -0.2) is 14.5 Å². The second-order valence-corrected chi connectivity index (χ2v) is 7.07. The van der Waals surface area contributed by atoms with Gasteiger partial charge in [-0.05, 0) is 50.2 Å². The summed E-state index contributed by atoms with van der Waals surface area (Å²) in [5.41, 5.74) is 3.74. The maximum Gasteiger partial charge on any atom is 0.277 e. The van der Waals surface area contributed by atoms with Crippen LogP contribution in [0.4, 0.5) is 5.82 Å². The predicted molar refractivity (Wildman–Crippen MR) is 117 cm³/mol. The number of nitrogens with zero attached hydrogens (tertiary/aromatic N) is 4. The summed E-state index contributed by atoms with van der Waals surface area (Å²) in [6.07, 6.45) is 0.541. The fourth-order valence-corrected chi connectivity index (χ4v) is 3.29. The zero-order valence-electron chi connectivity index (χ0n) is 17.4. The normalized spacial score (nSPS) is 10.9. The molecule has 1 aromatic carbocycles. The van der Waals surface area contributed by atoms with Gasteiger partial charge in [0, 0.05) is 24.3 Å². The number of benzene rings is 1. The first kappa shape index (κ1) is 20.5. The van der Waals surface area contributed by atoms with E-state index >= 15 is 0 Å². The van der Waals surface area contributed by atoms with E-state index in [1.807, 2.05) is 55.5 Å². The third kappa shape index (κ3) is 4.39. The van der Waals surface area contributed by atoms with E-state index in [1.54, 1.807) is 17.5 Å². The SMILES string of the molecule is Cc1cccc(NC(=O)c2c(C)nc3ccc(-c4ccccc4OCCCO)nn23)n1. The molecule has 0 fully saturated rings. The number of amides is 1. The highest BCUT2D eigenvalue weighted by Crippen LogP contribution is 2.29. The molecule has 1 amide bonds. The molecule has 0 radical (unpaired) electrons. The van der Waals surface area contributed by atoms with Gasteiger partial charge in [0.2, 0.25) is 0 Å². The maximum absolute atomic E-state index is 13.0. The molecule has 0 aliphatic carbocycles. The zero-order valence-corrected chi connectivity index (χ0v) is 17.4. The first-order valence-corrected chi connectivity index (χ1v) is 10.0. The molecule has 4 rings (SSSR count). The van der Waals surface area contributed by atoms with E-state index in [2.05, 4.69) is 20.4 Å². The molecule has 0 aliphatic rings. The van der Waals surface area contributed by atoms with Crippen molar-refractivity contribution in [2.75, 3.05) is 18.5 Å². The maximum atomic E-state index is 13.0. The molecule has 158 valence electrons. The minimum atomic E-state index is -0.333. The quantitative estimate of drug-likeness (QED) is 0.447. The van der Waals surface area contributed by atoms with Crippen molar-refractivity contribution in [3.05, 3.63) is 71.7 Å². The number of hydrogen-bond donors (Lipinski definition) is 2. The van der Waals surface area contributed by atoms with Crippen molar-refractivity contribution in [3.63, 3.8) is 0 Å². The van der Waals surface area contributed by atoms with E-state index in [9.17, 15) is 4.79 Å². The third-order valence-corrected chi connectivity index (χ3v) is 4.72. The lowest BCUT2D eigenvalue weighted by Crippen LogP contribution is -2.17. The van der Waals surface area contributed by atoms with E-state index < -0.39 is 0 Å². The predicted octanol–water partition coefficient (Wildman–Crippen LogP) is 3.42. The molecule has 0 atom stereocenters. The number of ether oxygens (including phenoxy) is 1. The molecular formula is C23H23N5O3. The molecule has 0 spiro atoms. The van der Waals surface area contributed by atoms with Gasteiger partial charge in [0.05, 0.1) is 18.0 Å². The number of para-hydroxylation sites is 1. The highest BCUT2D eigenvalue weighted by molar-refractivity contribution is 6.03. The Balaban J connectivity index is 1.71. The molecule has 0 aliphatic heterocycles. The summed E-state index contributed by atoms with van der Waals surface area (Å²) >= 11 is 0. The van der Waals surface area contributed by atoms with Crippen LogP contribution in [0.15, 0.2) is 54.6 Å². The van der Waals surface area contributed by atoms with Crippen molar-refractivity contribution in [2.45, 2.75) is 20.3 Å². The molecule has 4 aromatic rings. The molecular weight excluding hydrogens is 394 g/mol. The van der Waals surface area contributed by atoms with Crippen LogP contribution in [0.3, 0.4) is 0 Å². The van der Waals surface area contributed by atoms with Crippen molar-refractivity contribution in [2.24, 2.45) is 0 Å². The molecule has 8 nitrogen and oxygen atoms in total. The van der Waals surface area contributed by atoms with Crippen LogP contribution >= 0.6 is 0 Å². The Kier molecular flexibility index (Phi) is 5.90. The van der Waals surface area contributed by atoms with E-state index in [0.717, 1.165) is 11.3 Å². The second-order valence-electron chi connectivity index (χ2n) is 7.07. The highest BCUT2D eigenvalue weighted by Gasteiger charge is 2.19. The van der Waals surface area contributed by atoms with Gasteiger partial charge in [-0.1, -0.05) is 18.2 Å². The van der Waals surface area contributed by atoms with Crippen LogP contribution in [0, 0.1) is 13.8 Å². The van der Waals surface area contributed by atoms with Gasteiger partial charge in [0.15, 0.2) is 11.3 Å². The number of aliphatic hydroxyl groups excluding tert-OH is 1. The number of anilines is 1. The van der Waals surface area contributed by atoms with Crippen LogP contribution < -0.4 is 10.1 Å². The summed E-state index contributed by atoms with van der Waals surface area (Å²) in [5.74, 6) is 0.799. The van der Waals surface area contributed by atoms with Crippen molar-refractivity contribution in [3.8, 4) is 17.0 Å². The van der Waals surface area contributed by atoms with Crippen LogP contribution in [0.25, 0.3) is 16.9 Å². The minimum Gasteiger partial charge on any atom is -0.493 e. The van der Waals surface area contributed by atoms with Gasteiger partial charge in [-0.15, -0.1) is 0 Å². The average Bonchev–Trinajstić information content (AvgIpc) is 3.09. The average molecular weight is 417 g/mol. The smallest absolute Gasteiger partial charge is 0.277 e. The van der Waals surface area contributed by atoms with Crippen molar-refractivity contribution >= 4 is 17.4 Å². The Bertz CT molecular complexity index is 1240. The number of aliphatic hydroxyl groups is 1. The fraction of sp³-hybridized carbons (Fsp3) is 0.217. The van der Waals surface area contributed by atoms with Crippen LogP contribution in [-0.4, -0.2) is 43.8 Å². The number of pyridine rings is 1. The Hall–Kier alpha value is -3.78. The summed E-state index contributed by atoms with van der Waals surface area (Å²) in [6.45, 7) is 4.11. The molecule has 0 saturated carbocycles. The Labute approximate surface area is 179 Å². The third-order valence-electron chi connectivity index (χ3n) is 4.72. The van der Waals surface area contributed by atoms with Crippen molar-refractivity contribution in [1.29, 1.82) is 0 Å². The minimum absolute atomic E-state index is 0.0644. The van der Waals surface area contributed by atoms with Gasteiger partial charge in [0.25, 0.3) is 5.91 Å². The lowest BCUT2D eigenvalue weighted by molar-refractivity contribution is 0.101. The van der Waals surface area contributed by atoms with Gasteiger partial charge in [-0.3, -0.25) is 4.79 Å². The standard InChI is InChI=1S/C23H23N5O3/c1-15-7-5-10-20(24-15)26-23(30)22-16(2)25-21-12-11-18(27-28(21)22)17-8-3-4-9-19(17)31-14-6-13-29/h3-5,7-12,29H,6,13-14H2,1-2H3,(H,24,26,30). The van der Waals surface area contributed by atoms with Gasteiger partial charge in [-0.2, -0.15) is 5.10 Å². The van der Waals surface area contributed by atoms with Crippen LogP contribution in [0.1, 0.15) is 28.3 Å². The van der Waals surface area contributed by atoms with Gasteiger partial charge < -0.3 is 15.2 Å². The molecule has 31 heavy (non-hydrogen) atoms. The number of aromatic nitrogens is 4. The van der Waals surface area contributed by atoms with E-state index in [0.29, 0.717) is 47.3 Å². The molecule has 3 aromatic heterocycles. The zero-order chi connectivity index (χ0) is 21.8. The number of nitrogens with one attached hydrogen (secondary N) is 1. The number of fused-ring (bicyclic) bond motifs is 1. The molecule has 0 bridgehead atoms. The molecule has 8 heteroatoms. The number of hydrogen-bond acceptors (Lipinski definition) is 6. The van der Waals surface area contributed by atoms with Gasteiger partial charge >= 0.3 is 0 Å². The summed E-state index contributed by atoms with van der Waals surface area (Å²) in [7, 11) is 0. The number of aryl methyl sites for hydroxylation is 2. The second kappa shape index (κ2) is 8.93. The molecule has 0 saturated heterocycles. The summed E-state index contributed by atoms with van der Waals surface area (Å²) in [6, 6.07) is 16.6. The summed E-state index contributed by atoms with van der Waals surface area (Å²) in [4.78, 5) is 21.8. The highest BCUT2D eigenvalue weighted by atomic mass is 16.5. The summed E-state index contributed by atoms with van der Waals surface area (Å²) < 4.78 is 7.35. The van der Waals surface area contributed by atoms with E-state index in [4.69, 9.17) is 9.84 Å².